The molecule has 164 valence electrons. The molecule has 0 N–H and O–H groups in total. The number of thioether (sulfide) groups is 1. The van der Waals surface area contributed by atoms with Gasteiger partial charge in [0.2, 0.25) is 0 Å². The van der Waals surface area contributed by atoms with E-state index in [-0.39, 0.29) is 5.91 Å². The summed E-state index contributed by atoms with van der Waals surface area (Å²) in [5.41, 5.74) is 3.58. The van der Waals surface area contributed by atoms with Crippen LogP contribution >= 0.6 is 24.0 Å². The number of benzene rings is 2. The Morgan fingerprint density at radius 3 is 2.53 bits per heavy atom. The molecule has 5 nitrogen and oxygen atoms in total. The Balaban J connectivity index is 1.73. The van der Waals surface area contributed by atoms with Crippen molar-refractivity contribution in [1.82, 2.24) is 14.7 Å². The van der Waals surface area contributed by atoms with Gasteiger partial charge in [0.25, 0.3) is 5.91 Å². The minimum absolute atomic E-state index is 0.0291. The highest BCUT2D eigenvalue weighted by Crippen LogP contribution is 2.35. The van der Waals surface area contributed by atoms with Gasteiger partial charge >= 0.3 is 0 Å². The van der Waals surface area contributed by atoms with Crippen LogP contribution in [0.1, 0.15) is 32.3 Å². The van der Waals surface area contributed by atoms with Crippen molar-refractivity contribution in [3.05, 3.63) is 71.3 Å². The number of carbonyl (C=O) groups is 1. The van der Waals surface area contributed by atoms with Crippen molar-refractivity contribution in [2.24, 2.45) is 0 Å². The Morgan fingerprint density at radius 2 is 1.84 bits per heavy atom. The van der Waals surface area contributed by atoms with E-state index in [0.717, 1.165) is 41.1 Å². The maximum absolute atomic E-state index is 13.0. The number of unbranched alkanes of at least 4 members (excludes halogenated alkanes) is 1. The Morgan fingerprint density at radius 1 is 1.09 bits per heavy atom. The molecule has 1 saturated heterocycles. The predicted molar refractivity (Wildman–Crippen MR) is 135 cm³/mol. The van der Waals surface area contributed by atoms with Crippen LogP contribution in [0.3, 0.4) is 0 Å². The number of para-hydroxylation sites is 1. The van der Waals surface area contributed by atoms with Gasteiger partial charge in [0, 0.05) is 23.9 Å². The molecule has 1 aromatic heterocycles. The van der Waals surface area contributed by atoms with Crippen LogP contribution in [0, 0.1) is 0 Å². The predicted octanol–water partition coefficient (Wildman–Crippen LogP) is 5.94. The van der Waals surface area contributed by atoms with Crippen molar-refractivity contribution in [3.8, 4) is 22.7 Å². The Labute approximate surface area is 198 Å². The smallest absolute Gasteiger partial charge is 0.266 e. The standard InChI is InChI=1S/C25H25N3O2S2/c1-3-5-15-27-24(29)22(32-25(27)31)16-19-17-28(20-9-7-6-8-10-20)26-23(19)18-11-13-21(14-12-18)30-4-2/h6-14,16-17H,3-5,15H2,1-2H3/b22-16-. The van der Waals surface area contributed by atoms with Crippen LogP contribution in [-0.4, -0.2) is 38.1 Å². The van der Waals surface area contributed by atoms with Crippen molar-refractivity contribution in [3.63, 3.8) is 0 Å². The third-order valence-electron chi connectivity index (χ3n) is 5.10. The van der Waals surface area contributed by atoms with Gasteiger partial charge < -0.3 is 4.74 Å². The van der Waals surface area contributed by atoms with Crippen LogP contribution in [0.15, 0.2) is 65.7 Å². The lowest BCUT2D eigenvalue weighted by Gasteiger charge is -2.12. The van der Waals surface area contributed by atoms with E-state index in [0.29, 0.717) is 22.4 Å². The molecule has 0 bridgehead atoms. The fourth-order valence-electron chi connectivity index (χ4n) is 3.46. The first-order valence-electron chi connectivity index (χ1n) is 10.7. The van der Waals surface area contributed by atoms with Crippen molar-refractivity contribution < 1.29 is 9.53 Å². The van der Waals surface area contributed by atoms with Crippen LogP contribution in [0.2, 0.25) is 0 Å². The minimum Gasteiger partial charge on any atom is -0.494 e. The molecule has 32 heavy (non-hydrogen) atoms. The number of aromatic nitrogens is 2. The highest BCUT2D eigenvalue weighted by molar-refractivity contribution is 8.26. The normalized spacial score (nSPS) is 15.1. The van der Waals surface area contributed by atoms with Crippen molar-refractivity contribution in [2.45, 2.75) is 26.7 Å². The first kappa shape index (κ1) is 22.3. The summed E-state index contributed by atoms with van der Waals surface area (Å²) in [5, 5.41) is 4.85. The monoisotopic (exact) mass is 463 g/mol. The van der Waals surface area contributed by atoms with Crippen LogP contribution in [0.4, 0.5) is 0 Å². The fourth-order valence-corrected chi connectivity index (χ4v) is 4.76. The summed E-state index contributed by atoms with van der Waals surface area (Å²) < 4.78 is 8.03. The van der Waals surface area contributed by atoms with E-state index in [1.165, 1.54) is 11.8 Å². The molecular formula is C25H25N3O2S2. The van der Waals surface area contributed by atoms with Crippen LogP contribution < -0.4 is 4.74 Å². The summed E-state index contributed by atoms with van der Waals surface area (Å²) in [4.78, 5) is 15.3. The number of thiocarbonyl (C=S) groups is 1. The molecule has 0 unspecified atom stereocenters. The first-order chi connectivity index (χ1) is 15.6. The number of hydrogen-bond donors (Lipinski definition) is 0. The van der Waals surface area contributed by atoms with Crippen molar-refractivity contribution in [1.29, 1.82) is 0 Å². The Kier molecular flexibility index (Phi) is 7.07. The lowest BCUT2D eigenvalue weighted by molar-refractivity contribution is -0.122. The molecule has 7 heteroatoms. The molecule has 1 fully saturated rings. The quantitative estimate of drug-likeness (QED) is 0.306. The zero-order valence-electron chi connectivity index (χ0n) is 18.2. The minimum atomic E-state index is -0.0291. The van der Waals surface area contributed by atoms with Gasteiger partial charge in [-0.05, 0) is 55.8 Å². The van der Waals surface area contributed by atoms with Gasteiger partial charge in [-0.3, -0.25) is 9.69 Å². The highest BCUT2D eigenvalue weighted by Gasteiger charge is 2.31. The maximum Gasteiger partial charge on any atom is 0.266 e. The molecule has 0 spiro atoms. The van der Waals surface area contributed by atoms with Crippen LogP contribution in [0.5, 0.6) is 5.75 Å². The van der Waals surface area contributed by atoms with E-state index in [2.05, 4.69) is 6.92 Å². The van der Waals surface area contributed by atoms with E-state index in [1.54, 1.807) is 4.90 Å². The molecule has 4 rings (SSSR count). The van der Waals surface area contributed by atoms with Gasteiger partial charge in [0.15, 0.2) is 0 Å². The summed E-state index contributed by atoms with van der Waals surface area (Å²) in [7, 11) is 0. The summed E-state index contributed by atoms with van der Waals surface area (Å²) >= 11 is 6.82. The third kappa shape index (κ3) is 4.79. The third-order valence-corrected chi connectivity index (χ3v) is 6.48. The lowest BCUT2D eigenvalue weighted by Crippen LogP contribution is -2.28. The first-order valence-corrected chi connectivity index (χ1v) is 12.0. The molecule has 0 atom stereocenters. The number of ether oxygens (including phenoxy) is 1. The van der Waals surface area contributed by atoms with Gasteiger partial charge in [0.1, 0.15) is 10.1 Å². The zero-order valence-corrected chi connectivity index (χ0v) is 19.8. The van der Waals surface area contributed by atoms with Crippen LogP contribution in [-0.2, 0) is 4.79 Å². The lowest BCUT2D eigenvalue weighted by atomic mass is 10.1. The van der Waals surface area contributed by atoms with E-state index in [1.807, 2.05) is 78.5 Å². The molecule has 2 aromatic carbocycles. The molecule has 1 aliphatic heterocycles. The number of carbonyl (C=O) groups excluding carboxylic acids is 1. The van der Waals surface area contributed by atoms with Gasteiger partial charge in [0.05, 0.1) is 22.9 Å². The van der Waals surface area contributed by atoms with Gasteiger partial charge in [-0.15, -0.1) is 0 Å². The Bertz CT molecular complexity index is 1140. The van der Waals surface area contributed by atoms with Crippen LogP contribution in [0.25, 0.3) is 23.0 Å². The van der Waals surface area contributed by atoms with Crippen molar-refractivity contribution >= 4 is 40.3 Å². The molecular weight excluding hydrogens is 438 g/mol. The average Bonchev–Trinajstić information content (AvgIpc) is 3.35. The highest BCUT2D eigenvalue weighted by atomic mass is 32.2. The summed E-state index contributed by atoms with van der Waals surface area (Å²) in [5.74, 6) is 0.788. The molecule has 2 heterocycles. The Hall–Kier alpha value is -2.90. The molecule has 0 saturated carbocycles. The second-order valence-corrected chi connectivity index (χ2v) is 9.03. The van der Waals surface area contributed by atoms with Gasteiger partial charge in [-0.2, -0.15) is 5.10 Å². The second-order valence-electron chi connectivity index (χ2n) is 7.36. The molecule has 0 radical (unpaired) electrons. The number of hydrogen-bond acceptors (Lipinski definition) is 5. The zero-order chi connectivity index (χ0) is 22.5. The average molecular weight is 464 g/mol. The molecule has 3 aromatic rings. The topological polar surface area (TPSA) is 47.4 Å². The van der Waals surface area contributed by atoms with E-state index >= 15 is 0 Å². The number of rotatable bonds is 8. The van der Waals surface area contributed by atoms with Crippen molar-refractivity contribution in [2.75, 3.05) is 13.2 Å². The van der Waals surface area contributed by atoms with E-state index in [9.17, 15) is 4.79 Å². The largest absolute Gasteiger partial charge is 0.494 e. The summed E-state index contributed by atoms with van der Waals surface area (Å²) in [6.07, 6.45) is 5.81. The molecule has 1 aliphatic rings. The van der Waals surface area contributed by atoms with Gasteiger partial charge in [-0.25, -0.2) is 4.68 Å². The molecule has 1 amide bonds. The number of nitrogens with zero attached hydrogens (tertiary/aromatic N) is 3. The number of amides is 1. The van der Waals surface area contributed by atoms with Gasteiger partial charge in [-0.1, -0.05) is 55.5 Å². The maximum atomic E-state index is 13.0. The molecule has 0 aliphatic carbocycles. The summed E-state index contributed by atoms with van der Waals surface area (Å²) in [6.45, 7) is 5.35. The van der Waals surface area contributed by atoms with E-state index in [4.69, 9.17) is 22.1 Å². The second kappa shape index (κ2) is 10.1. The SMILES string of the molecule is CCCCN1C(=O)/C(=C/c2cn(-c3ccccc3)nc2-c2ccc(OCC)cc2)SC1=S. The van der Waals surface area contributed by atoms with E-state index < -0.39 is 0 Å². The summed E-state index contributed by atoms with van der Waals surface area (Å²) in [6, 6.07) is 17.8. The fraction of sp³-hybridized carbons (Fsp3) is 0.240.